The number of benzene rings is 2. The van der Waals surface area contributed by atoms with Crippen LogP contribution in [0.5, 0.6) is 5.75 Å². The minimum atomic E-state index is -0.569. The summed E-state index contributed by atoms with van der Waals surface area (Å²) < 4.78 is 15.8. The van der Waals surface area contributed by atoms with Gasteiger partial charge in [-0.05, 0) is 37.3 Å². The zero-order chi connectivity index (χ0) is 18.9. The lowest BCUT2D eigenvalue weighted by Crippen LogP contribution is -2.31. The molecule has 0 heterocycles. The molecule has 0 fully saturated rings. The average molecular weight is 357 g/mol. The SMILES string of the molecule is CCOCc1cc(C(=O)OCC(=O)N(C)c2ccccc2)ccc1OC. The van der Waals surface area contributed by atoms with E-state index >= 15 is 0 Å². The maximum absolute atomic E-state index is 12.3. The molecule has 6 heteroatoms. The van der Waals surface area contributed by atoms with Crippen LogP contribution in [-0.2, 0) is 20.9 Å². The Bertz CT molecular complexity index is 745. The Labute approximate surface area is 153 Å². The summed E-state index contributed by atoms with van der Waals surface area (Å²) in [6.07, 6.45) is 0. The van der Waals surface area contributed by atoms with Crippen LogP contribution < -0.4 is 9.64 Å². The number of anilines is 1. The second-order valence-corrected chi connectivity index (χ2v) is 5.53. The van der Waals surface area contributed by atoms with E-state index in [0.717, 1.165) is 11.3 Å². The first-order valence-corrected chi connectivity index (χ1v) is 8.30. The number of rotatable bonds is 8. The lowest BCUT2D eigenvalue weighted by molar-refractivity contribution is -0.121. The highest BCUT2D eigenvalue weighted by atomic mass is 16.5. The number of hydrogen-bond acceptors (Lipinski definition) is 5. The van der Waals surface area contributed by atoms with E-state index in [0.29, 0.717) is 24.5 Å². The van der Waals surface area contributed by atoms with Crippen LogP contribution in [0.1, 0.15) is 22.8 Å². The summed E-state index contributed by atoms with van der Waals surface area (Å²) in [5, 5.41) is 0. The Hall–Kier alpha value is -2.86. The van der Waals surface area contributed by atoms with E-state index in [4.69, 9.17) is 14.2 Å². The largest absolute Gasteiger partial charge is 0.496 e. The summed E-state index contributed by atoms with van der Waals surface area (Å²) in [4.78, 5) is 25.9. The average Bonchev–Trinajstić information content (AvgIpc) is 2.69. The first kappa shape index (κ1) is 19.5. The summed E-state index contributed by atoms with van der Waals surface area (Å²) in [7, 11) is 3.19. The van der Waals surface area contributed by atoms with E-state index in [9.17, 15) is 9.59 Å². The molecule has 2 aromatic carbocycles. The standard InChI is InChI=1S/C20H23NO5/c1-4-25-13-16-12-15(10-11-18(16)24-3)20(23)26-14-19(22)21(2)17-8-6-5-7-9-17/h5-12H,4,13-14H2,1-3H3. The van der Waals surface area contributed by atoms with Crippen LogP contribution in [0.25, 0.3) is 0 Å². The maximum Gasteiger partial charge on any atom is 0.338 e. The van der Waals surface area contributed by atoms with Gasteiger partial charge in [-0.15, -0.1) is 0 Å². The first-order chi connectivity index (χ1) is 12.6. The van der Waals surface area contributed by atoms with Crippen molar-refractivity contribution < 1.29 is 23.8 Å². The van der Waals surface area contributed by atoms with Crippen molar-refractivity contribution in [1.29, 1.82) is 0 Å². The fourth-order valence-corrected chi connectivity index (χ4v) is 2.33. The van der Waals surface area contributed by atoms with Gasteiger partial charge in [-0.25, -0.2) is 4.79 Å². The molecule has 0 aliphatic carbocycles. The van der Waals surface area contributed by atoms with Crippen LogP contribution in [-0.4, -0.2) is 39.2 Å². The minimum Gasteiger partial charge on any atom is -0.496 e. The quantitative estimate of drug-likeness (QED) is 0.680. The second-order valence-electron chi connectivity index (χ2n) is 5.53. The minimum absolute atomic E-state index is 0.312. The molecule has 0 spiro atoms. The Balaban J connectivity index is 2.00. The Kier molecular flexibility index (Phi) is 7.17. The molecule has 138 valence electrons. The van der Waals surface area contributed by atoms with Crippen LogP contribution >= 0.6 is 0 Å². The van der Waals surface area contributed by atoms with Crippen molar-refractivity contribution in [3.05, 3.63) is 59.7 Å². The number of nitrogens with zero attached hydrogens (tertiary/aromatic N) is 1. The van der Waals surface area contributed by atoms with Gasteiger partial charge in [-0.1, -0.05) is 18.2 Å². The van der Waals surface area contributed by atoms with Gasteiger partial charge in [0.1, 0.15) is 5.75 Å². The number of amides is 1. The van der Waals surface area contributed by atoms with Gasteiger partial charge in [0.25, 0.3) is 5.91 Å². The van der Waals surface area contributed by atoms with Gasteiger partial charge >= 0.3 is 5.97 Å². The van der Waals surface area contributed by atoms with Gasteiger partial charge in [0.05, 0.1) is 19.3 Å². The predicted octanol–water partition coefficient (Wildman–Crippen LogP) is 3.05. The smallest absolute Gasteiger partial charge is 0.338 e. The number of likely N-dealkylation sites (N-methyl/N-ethyl adjacent to an activating group) is 1. The van der Waals surface area contributed by atoms with Crippen LogP contribution in [0, 0.1) is 0 Å². The fraction of sp³-hybridized carbons (Fsp3) is 0.300. The molecular weight excluding hydrogens is 334 g/mol. The number of carbonyl (C=O) groups excluding carboxylic acids is 2. The predicted molar refractivity (Wildman–Crippen MR) is 98.5 cm³/mol. The molecule has 0 atom stereocenters. The summed E-state index contributed by atoms with van der Waals surface area (Å²) >= 11 is 0. The van der Waals surface area contributed by atoms with Gasteiger partial charge in [0.2, 0.25) is 0 Å². The zero-order valence-electron chi connectivity index (χ0n) is 15.2. The number of para-hydroxylation sites is 1. The monoisotopic (exact) mass is 357 g/mol. The second kappa shape index (κ2) is 9.58. The van der Waals surface area contributed by atoms with Crippen LogP contribution in [0.15, 0.2) is 48.5 Å². The van der Waals surface area contributed by atoms with Crippen molar-refractivity contribution in [1.82, 2.24) is 0 Å². The molecule has 1 amide bonds. The number of esters is 1. The molecule has 0 bridgehead atoms. The van der Waals surface area contributed by atoms with Crippen LogP contribution in [0.2, 0.25) is 0 Å². The van der Waals surface area contributed by atoms with Crippen molar-refractivity contribution in [2.75, 3.05) is 32.3 Å². The number of methoxy groups -OCH3 is 1. The van der Waals surface area contributed by atoms with Crippen molar-refractivity contribution in [3.8, 4) is 5.75 Å². The first-order valence-electron chi connectivity index (χ1n) is 8.30. The molecule has 2 rings (SSSR count). The third-order valence-electron chi connectivity index (χ3n) is 3.82. The van der Waals surface area contributed by atoms with E-state index in [1.54, 1.807) is 32.4 Å². The Morgan fingerprint density at radius 3 is 2.46 bits per heavy atom. The van der Waals surface area contributed by atoms with Crippen molar-refractivity contribution in [3.63, 3.8) is 0 Å². The molecule has 0 saturated heterocycles. The van der Waals surface area contributed by atoms with Gasteiger partial charge < -0.3 is 19.1 Å². The molecule has 0 aliphatic rings. The van der Waals surface area contributed by atoms with E-state index in [1.807, 2.05) is 37.3 Å². The number of ether oxygens (including phenoxy) is 3. The number of carbonyl (C=O) groups is 2. The Morgan fingerprint density at radius 1 is 1.08 bits per heavy atom. The third-order valence-corrected chi connectivity index (χ3v) is 3.82. The van der Waals surface area contributed by atoms with E-state index in [2.05, 4.69) is 0 Å². The highest BCUT2D eigenvalue weighted by Gasteiger charge is 2.16. The summed E-state index contributed by atoms with van der Waals surface area (Å²) in [5.41, 5.74) is 1.82. The van der Waals surface area contributed by atoms with Crippen molar-refractivity contribution in [2.24, 2.45) is 0 Å². The molecule has 0 aromatic heterocycles. The topological polar surface area (TPSA) is 65.1 Å². The molecule has 0 aliphatic heterocycles. The van der Waals surface area contributed by atoms with E-state index < -0.39 is 5.97 Å². The van der Waals surface area contributed by atoms with Crippen LogP contribution in [0.4, 0.5) is 5.69 Å². The van der Waals surface area contributed by atoms with Gasteiger partial charge in [-0.3, -0.25) is 4.79 Å². The molecule has 6 nitrogen and oxygen atoms in total. The van der Waals surface area contributed by atoms with Crippen molar-refractivity contribution >= 4 is 17.6 Å². The molecule has 0 N–H and O–H groups in total. The molecule has 0 radical (unpaired) electrons. The summed E-state index contributed by atoms with van der Waals surface area (Å²) in [6, 6.07) is 14.1. The van der Waals surface area contributed by atoms with E-state index in [1.165, 1.54) is 4.90 Å². The molecule has 2 aromatic rings. The lowest BCUT2D eigenvalue weighted by Gasteiger charge is -2.17. The van der Waals surface area contributed by atoms with Gasteiger partial charge in [0.15, 0.2) is 6.61 Å². The highest BCUT2D eigenvalue weighted by Crippen LogP contribution is 2.21. The van der Waals surface area contributed by atoms with Gasteiger partial charge in [-0.2, -0.15) is 0 Å². The van der Waals surface area contributed by atoms with Crippen LogP contribution in [0.3, 0.4) is 0 Å². The third kappa shape index (κ3) is 5.07. The normalized spacial score (nSPS) is 10.3. The van der Waals surface area contributed by atoms with Crippen molar-refractivity contribution in [2.45, 2.75) is 13.5 Å². The molecule has 0 unspecified atom stereocenters. The lowest BCUT2D eigenvalue weighted by atomic mass is 10.1. The highest BCUT2D eigenvalue weighted by molar-refractivity contribution is 5.96. The molecule has 0 saturated carbocycles. The van der Waals surface area contributed by atoms with Gasteiger partial charge in [0, 0.05) is 24.9 Å². The fourth-order valence-electron chi connectivity index (χ4n) is 2.33. The van der Waals surface area contributed by atoms with E-state index in [-0.39, 0.29) is 12.5 Å². The number of hydrogen-bond donors (Lipinski definition) is 0. The maximum atomic E-state index is 12.3. The summed E-state index contributed by atoms with van der Waals surface area (Å²) in [5.74, 6) is -0.247. The summed E-state index contributed by atoms with van der Waals surface area (Å²) in [6.45, 7) is 2.44. The zero-order valence-corrected chi connectivity index (χ0v) is 15.2. The molecular formula is C20H23NO5. The Morgan fingerprint density at radius 2 is 1.81 bits per heavy atom. The molecule has 26 heavy (non-hydrogen) atoms.